The number of benzene rings is 1. The average Bonchev–Trinajstić information content (AvgIpc) is 3.24. The molecule has 0 aliphatic carbocycles. The lowest BCUT2D eigenvalue weighted by molar-refractivity contribution is 0.0515. The summed E-state index contributed by atoms with van der Waals surface area (Å²) in [7, 11) is 0. The zero-order chi connectivity index (χ0) is 18.8. The third kappa shape index (κ3) is 3.21. The molecule has 136 valence electrons. The number of hydrogen-bond donors (Lipinski definition) is 0. The van der Waals surface area contributed by atoms with E-state index >= 15 is 0 Å². The van der Waals surface area contributed by atoms with Crippen LogP contribution in [0.1, 0.15) is 23.1 Å². The fourth-order valence-electron chi connectivity index (χ4n) is 3.17. The predicted octanol–water partition coefficient (Wildman–Crippen LogP) is 4.19. The minimum atomic E-state index is -0.379. The van der Waals surface area contributed by atoms with Crippen molar-refractivity contribution < 1.29 is 13.9 Å². The molecule has 3 heterocycles. The lowest BCUT2D eigenvalue weighted by atomic mass is 10.3. The molecule has 5 nitrogen and oxygen atoms in total. The standard InChI is InChI=1S/C21H18FN3O2/c1-2-27-21(26)20-13-19-18(25(20)14-16-5-3-4-11-23-16)10-12-24(19)17-8-6-15(22)7-9-17/h3-13H,2,14H2,1H3. The van der Waals surface area contributed by atoms with Crippen molar-refractivity contribution in [3.8, 4) is 5.69 Å². The molecule has 4 aromatic rings. The van der Waals surface area contributed by atoms with Crippen LogP contribution in [0.15, 0.2) is 67.0 Å². The van der Waals surface area contributed by atoms with E-state index in [9.17, 15) is 9.18 Å². The molecule has 0 N–H and O–H groups in total. The lowest BCUT2D eigenvalue weighted by Gasteiger charge is -2.09. The van der Waals surface area contributed by atoms with E-state index in [0.717, 1.165) is 22.4 Å². The third-order valence-corrected chi connectivity index (χ3v) is 4.39. The summed E-state index contributed by atoms with van der Waals surface area (Å²) in [6.07, 6.45) is 3.63. The molecule has 4 rings (SSSR count). The summed E-state index contributed by atoms with van der Waals surface area (Å²) in [6.45, 7) is 2.53. The maximum atomic E-state index is 13.3. The quantitative estimate of drug-likeness (QED) is 0.500. The molecule has 6 heteroatoms. The van der Waals surface area contributed by atoms with Crippen molar-refractivity contribution in [3.63, 3.8) is 0 Å². The van der Waals surface area contributed by atoms with E-state index in [-0.39, 0.29) is 11.8 Å². The Bertz CT molecular complexity index is 1080. The fraction of sp³-hybridized carbons (Fsp3) is 0.143. The molecule has 3 aromatic heterocycles. The Morgan fingerprint density at radius 2 is 1.93 bits per heavy atom. The van der Waals surface area contributed by atoms with E-state index in [4.69, 9.17) is 4.74 Å². The van der Waals surface area contributed by atoms with E-state index in [1.54, 1.807) is 31.3 Å². The molecular formula is C21H18FN3O2. The van der Waals surface area contributed by atoms with Crippen LogP contribution in [0.5, 0.6) is 0 Å². The van der Waals surface area contributed by atoms with Crippen LogP contribution in [0.2, 0.25) is 0 Å². The molecule has 0 atom stereocenters. The summed E-state index contributed by atoms with van der Waals surface area (Å²) >= 11 is 0. The Labute approximate surface area is 155 Å². The number of carbonyl (C=O) groups excluding carboxylic acids is 1. The second kappa shape index (κ2) is 7.07. The molecule has 0 saturated carbocycles. The predicted molar refractivity (Wildman–Crippen MR) is 101 cm³/mol. The molecule has 0 unspecified atom stereocenters. The molecule has 0 aliphatic rings. The van der Waals surface area contributed by atoms with Crippen molar-refractivity contribution >= 4 is 17.0 Å². The average molecular weight is 363 g/mol. The van der Waals surface area contributed by atoms with Gasteiger partial charge < -0.3 is 13.9 Å². The highest BCUT2D eigenvalue weighted by molar-refractivity contribution is 5.95. The zero-order valence-corrected chi connectivity index (χ0v) is 14.8. The van der Waals surface area contributed by atoms with Gasteiger partial charge in [-0.3, -0.25) is 4.98 Å². The number of pyridine rings is 1. The SMILES string of the molecule is CCOC(=O)c1cc2c(ccn2-c2ccc(F)cc2)n1Cc1ccccn1. The molecular weight excluding hydrogens is 345 g/mol. The molecule has 0 bridgehead atoms. The first-order valence-electron chi connectivity index (χ1n) is 8.71. The summed E-state index contributed by atoms with van der Waals surface area (Å²) in [5, 5.41) is 0. The van der Waals surface area contributed by atoms with Gasteiger partial charge in [-0.2, -0.15) is 0 Å². The van der Waals surface area contributed by atoms with Crippen LogP contribution in [0.3, 0.4) is 0 Å². The molecule has 27 heavy (non-hydrogen) atoms. The normalized spacial score (nSPS) is 11.0. The summed E-state index contributed by atoms with van der Waals surface area (Å²) in [5.41, 5.74) is 3.85. The van der Waals surface area contributed by atoms with Gasteiger partial charge in [0.2, 0.25) is 0 Å². The summed E-state index contributed by atoms with van der Waals surface area (Å²) < 4.78 is 22.3. The van der Waals surface area contributed by atoms with Crippen molar-refractivity contribution in [1.29, 1.82) is 0 Å². The molecule has 0 saturated heterocycles. The van der Waals surface area contributed by atoms with Gasteiger partial charge in [0.15, 0.2) is 0 Å². The van der Waals surface area contributed by atoms with E-state index in [0.29, 0.717) is 18.8 Å². The monoisotopic (exact) mass is 363 g/mol. The van der Waals surface area contributed by atoms with E-state index in [1.807, 2.05) is 39.6 Å². The van der Waals surface area contributed by atoms with Crippen LogP contribution in [-0.4, -0.2) is 26.7 Å². The molecule has 0 spiro atoms. The number of ether oxygens (including phenoxy) is 1. The number of hydrogen-bond acceptors (Lipinski definition) is 3. The van der Waals surface area contributed by atoms with Crippen molar-refractivity contribution in [2.45, 2.75) is 13.5 Å². The Kier molecular flexibility index (Phi) is 4.46. The van der Waals surface area contributed by atoms with Crippen LogP contribution in [0.4, 0.5) is 4.39 Å². The zero-order valence-electron chi connectivity index (χ0n) is 14.8. The Morgan fingerprint density at radius 3 is 2.63 bits per heavy atom. The number of aromatic nitrogens is 3. The van der Waals surface area contributed by atoms with Gasteiger partial charge in [-0.1, -0.05) is 6.07 Å². The maximum absolute atomic E-state index is 13.3. The van der Waals surface area contributed by atoms with Gasteiger partial charge in [0.05, 0.1) is 29.9 Å². The van der Waals surface area contributed by atoms with Crippen molar-refractivity contribution in [1.82, 2.24) is 14.1 Å². The smallest absolute Gasteiger partial charge is 0.355 e. The first kappa shape index (κ1) is 17.0. The highest BCUT2D eigenvalue weighted by Gasteiger charge is 2.20. The molecule has 1 aromatic carbocycles. The molecule has 0 aliphatic heterocycles. The topological polar surface area (TPSA) is 49.0 Å². The van der Waals surface area contributed by atoms with E-state index < -0.39 is 0 Å². The van der Waals surface area contributed by atoms with Gasteiger partial charge in [0.25, 0.3) is 0 Å². The highest BCUT2D eigenvalue weighted by Crippen LogP contribution is 2.26. The fourth-order valence-corrected chi connectivity index (χ4v) is 3.17. The van der Waals surface area contributed by atoms with E-state index in [2.05, 4.69) is 4.98 Å². The minimum Gasteiger partial charge on any atom is -0.461 e. The number of halogens is 1. The van der Waals surface area contributed by atoms with Crippen molar-refractivity contribution in [3.05, 3.63) is 84.2 Å². The Morgan fingerprint density at radius 1 is 1.11 bits per heavy atom. The first-order chi connectivity index (χ1) is 13.2. The van der Waals surface area contributed by atoms with Crippen LogP contribution in [-0.2, 0) is 11.3 Å². The van der Waals surface area contributed by atoms with Gasteiger partial charge in [-0.25, -0.2) is 9.18 Å². The van der Waals surface area contributed by atoms with Gasteiger partial charge in [0.1, 0.15) is 11.5 Å². The van der Waals surface area contributed by atoms with Crippen LogP contribution < -0.4 is 0 Å². The number of carbonyl (C=O) groups is 1. The number of esters is 1. The summed E-state index contributed by atoms with van der Waals surface area (Å²) in [6, 6.07) is 15.7. The number of fused-ring (bicyclic) bond motifs is 1. The van der Waals surface area contributed by atoms with E-state index in [1.165, 1.54) is 12.1 Å². The van der Waals surface area contributed by atoms with Crippen molar-refractivity contribution in [2.75, 3.05) is 6.61 Å². The van der Waals surface area contributed by atoms with Crippen molar-refractivity contribution in [2.24, 2.45) is 0 Å². The number of rotatable bonds is 5. The Balaban J connectivity index is 1.85. The van der Waals surface area contributed by atoms with Gasteiger partial charge in [-0.15, -0.1) is 0 Å². The van der Waals surface area contributed by atoms with Gasteiger partial charge in [0, 0.05) is 18.1 Å². The van der Waals surface area contributed by atoms with Crippen LogP contribution >= 0.6 is 0 Å². The van der Waals surface area contributed by atoms with Crippen LogP contribution in [0, 0.1) is 5.82 Å². The summed E-state index contributed by atoms with van der Waals surface area (Å²) in [5.74, 6) is -0.669. The first-order valence-corrected chi connectivity index (χ1v) is 8.71. The summed E-state index contributed by atoms with van der Waals surface area (Å²) in [4.78, 5) is 16.9. The number of nitrogens with zero attached hydrogens (tertiary/aromatic N) is 3. The van der Waals surface area contributed by atoms with Crippen LogP contribution in [0.25, 0.3) is 16.7 Å². The highest BCUT2D eigenvalue weighted by atomic mass is 19.1. The third-order valence-electron chi connectivity index (χ3n) is 4.39. The van der Waals surface area contributed by atoms with Gasteiger partial charge in [-0.05, 0) is 55.5 Å². The molecule has 0 radical (unpaired) electrons. The van der Waals surface area contributed by atoms with Gasteiger partial charge >= 0.3 is 5.97 Å². The maximum Gasteiger partial charge on any atom is 0.355 e. The molecule has 0 fully saturated rings. The lowest BCUT2D eigenvalue weighted by Crippen LogP contribution is -2.13. The largest absolute Gasteiger partial charge is 0.461 e. The second-order valence-corrected chi connectivity index (χ2v) is 6.09. The Hall–Kier alpha value is -3.41. The molecule has 0 amide bonds. The minimum absolute atomic E-state index is 0.290. The second-order valence-electron chi connectivity index (χ2n) is 6.09.